The molecule has 2 N–H and O–H groups in total. The second-order valence-corrected chi connectivity index (χ2v) is 7.15. The molecule has 0 saturated carbocycles. The van der Waals surface area contributed by atoms with E-state index in [2.05, 4.69) is 44.9 Å². The average Bonchev–Trinajstić information content (AvgIpc) is 3.11. The maximum absolute atomic E-state index is 6.01. The summed E-state index contributed by atoms with van der Waals surface area (Å²) in [6.45, 7) is 3.22. The molecule has 0 radical (unpaired) electrons. The molecular formula is C19H21N3S. The normalized spacial score (nSPS) is 16.9. The van der Waals surface area contributed by atoms with Crippen LogP contribution in [0.1, 0.15) is 18.4 Å². The highest BCUT2D eigenvalue weighted by atomic mass is 32.1. The van der Waals surface area contributed by atoms with Gasteiger partial charge in [0.15, 0.2) is 0 Å². The van der Waals surface area contributed by atoms with Crippen LogP contribution in [-0.2, 0) is 6.54 Å². The van der Waals surface area contributed by atoms with Crippen LogP contribution >= 0.6 is 11.3 Å². The number of benzene rings is 1. The van der Waals surface area contributed by atoms with Crippen LogP contribution in [0.25, 0.3) is 21.9 Å². The minimum atomic E-state index is 0.388. The van der Waals surface area contributed by atoms with E-state index < -0.39 is 0 Å². The van der Waals surface area contributed by atoms with Crippen molar-refractivity contribution in [2.75, 3.05) is 13.1 Å². The van der Waals surface area contributed by atoms with Gasteiger partial charge >= 0.3 is 0 Å². The van der Waals surface area contributed by atoms with E-state index in [4.69, 9.17) is 5.73 Å². The number of hydrogen-bond donors (Lipinski definition) is 1. The number of rotatable bonds is 3. The molecule has 4 heteroatoms. The van der Waals surface area contributed by atoms with Gasteiger partial charge in [0.1, 0.15) is 0 Å². The smallest absolute Gasteiger partial charge is 0.0353 e. The highest BCUT2D eigenvalue weighted by Gasteiger charge is 2.16. The summed E-state index contributed by atoms with van der Waals surface area (Å²) in [4.78, 5) is 6.91. The molecule has 0 atom stereocenters. The van der Waals surface area contributed by atoms with Crippen molar-refractivity contribution in [1.29, 1.82) is 0 Å². The molecule has 0 unspecified atom stereocenters. The molecular weight excluding hydrogens is 302 g/mol. The third kappa shape index (κ3) is 3.15. The summed E-state index contributed by atoms with van der Waals surface area (Å²) in [6.07, 6.45) is 6.15. The zero-order chi connectivity index (χ0) is 15.6. The van der Waals surface area contributed by atoms with Crippen LogP contribution in [0.15, 0.2) is 47.4 Å². The molecule has 1 aromatic carbocycles. The molecule has 1 aliphatic rings. The van der Waals surface area contributed by atoms with Crippen LogP contribution < -0.4 is 5.73 Å². The third-order valence-corrected chi connectivity index (χ3v) is 5.38. The van der Waals surface area contributed by atoms with Crippen molar-refractivity contribution in [3.8, 4) is 11.1 Å². The zero-order valence-corrected chi connectivity index (χ0v) is 13.9. The summed E-state index contributed by atoms with van der Waals surface area (Å²) in [5.41, 5.74) is 9.86. The molecule has 0 aliphatic carbocycles. The molecule has 118 valence electrons. The summed E-state index contributed by atoms with van der Waals surface area (Å²) in [5, 5.41) is 6.81. The summed E-state index contributed by atoms with van der Waals surface area (Å²) in [5.74, 6) is 0. The van der Waals surface area contributed by atoms with Gasteiger partial charge in [0.2, 0.25) is 0 Å². The van der Waals surface area contributed by atoms with E-state index in [9.17, 15) is 0 Å². The first kappa shape index (κ1) is 14.8. The van der Waals surface area contributed by atoms with Crippen molar-refractivity contribution in [3.63, 3.8) is 0 Å². The minimum absolute atomic E-state index is 0.388. The highest BCUT2D eigenvalue weighted by Crippen LogP contribution is 2.30. The second-order valence-electron chi connectivity index (χ2n) is 6.37. The maximum atomic E-state index is 6.01. The number of likely N-dealkylation sites (tertiary alicyclic amines) is 1. The van der Waals surface area contributed by atoms with Crippen LogP contribution in [0, 0.1) is 0 Å². The van der Waals surface area contributed by atoms with E-state index in [0.717, 1.165) is 32.5 Å². The van der Waals surface area contributed by atoms with E-state index in [1.165, 1.54) is 27.5 Å². The van der Waals surface area contributed by atoms with Gasteiger partial charge in [-0.2, -0.15) is 11.3 Å². The summed E-state index contributed by atoms with van der Waals surface area (Å²) in [6, 6.07) is 9.32. The third-order valence-electron chi connectivity index (χ3n) is 4.70. The van der Waals surface area contributed by atoms with Crippen molar-refractivity contribution in [1.82, 2.24) is 9.88 Å². The van der Waals surface area contributed by atoms with Crippen LogP contribution in [0.3, 0.4) is 0 Å². The first-order valence-electron chi connectivity index (χ1n) is 8.17. The van der Waals surface area contributed by atoms with Gasteiger partial charge in [0, 0.05) is 35.9 Å². The Hall–Kier alpha value is -1.75. The second kappa shape index (κ2) is 6.40. The van der Waals surface area contributed by atoms with Gasteiger partial charge < -0.3 is 5.73 Å². The van der Waals surface area contributed by atoms with Crippen LogP contribution in [0.4, 0.5) is 0 Å². The number of nitrogens with zero attached hydrogens (tertiary/aromatic N) is 2. The molecule has 2 aromatic heterocycles. The Morgan fingerprint density at radius 2 is 2.04 bits per heavy atom. The highest BCUT2D eigenvalue weighted by molar-refractivity contribution is 7.08. The van der Waals surface area contributed by atoms with Crippen molar-refractivity contribution < 1.29 is 0 Å². The molecule has 3 nitrogen and oxygen atoms in total. The Labute approximate surface area is 140 Å². The Bertz CT molecular complexity index is 789. The zero-order valence-electron chi connectivity index (χ0n) is 13.1. The Kier molecular flexibility index (Phi) is 4.12. The molecule has 0 bridgehead atoms. The maximum Gasteiger partial charge on any atom is 0.0353 e. The van der Waals surface area contributed by atoms with Gasteiger partial charge in [-0.05, 0) is 65.3 Å². The Balaban J connectivity index is 1.65. The molecule has 0 spiro atoms. The molecule has 3 aromatic rings. The number of nitrogens with two attached hydrogens (primary N) is 1. The first-order valence-corrected chi connectivity index (χ1v) is 9.11. The summed E-state index contributed by atoms with van der Waals surface area (Å²) < 4.78 is 0. The van der Waals surface area contributed by atoms with E-state index in [-0.39, 0.29) is 0 Å². The Morgan fingerprint density at radius 1 is 1.17 bits per heavy atom. The fraction of sp³-hybridized carbons (Fsp3) is 0.316. The predicted molar refractivity (Wildman–Crippen MR) is 97.5 cm³/mol. The van der Waals surface area contributed by atoms with Crippen LogP contribution in [0.2, 0.25) is 0 Å². The molecule has 0 amide bonds. The van der Waals surface area contributed by atoms with Gasteiger partial charge in [0.25, 0.3) is 0 Å². The standard InChI is InChI=1S/C19H21N3S/c20-17-3-6-22(7-4-17)12-14-1-2-15-10-21-11-19(18(15)9-14)16-5-8-23-13-16/h1-2,5,8-11,13,17H,3-4,6-7,12,20H2. The SMILES string of the molecule is NC1CCN(Cc2ccc3cncc(-c4ccsc4)c3c2)CC1. The monoisotopic (exact) mass is 323 g/mol. The van der Waals surface area contributed by atoms with E-state index in [0.29, 0.717) is 6.04 Å². The van der Waals surface area contributed by atoms with Crippen LogP contribution in [0.5, 0.6) is 0 Å². The largest absolute Gasteiger partial charge is 0.328 e. The van der Waals surface area contributed by atoms with Crippen molar-refractivity contribution >= 4 is 22.1 Å². The van der Waals surface area contributed by atoms with Gasteiger partial charge in [-0.25, -0.2) is 0 Å². The van der Waals surface area contributed by atoms with E-state index >= 15 is 0 Å². The molecule has 23 heavy (non-hydrogen) atoms. The number of hydrogen-bond acceptors (Lipinski definition) is 4. The van der Waals surface area contributed by atoms with Crippen LogP contribution in [-0.4, -0.2) is 29.0 Å². The topological polar surface area (TPSA) is 42.1 Å². The fourth-order valence-corrected chi connectivity index (χ4v) is 3.98. The summed E-state index contributed by atoms with van der Waals surface area (Å²) in [7, 11) is 0. The lowest BCUT2D eigenvalue weighted by Crippen LogP contribution is -2.39. The number of pyridine rings is 1. The lowest BCUT2D eigenvalue weighted by molar-refractivity contribution is 0.206. The summed E-state index contributed by atoms with van der Waals surface area (Å²) >= 11 is 1.73. The number of thiophene rings is 1. The van der Waals surface area contributed by atoms with Gasteiger partial charge in [-0.1, -0.05) is 12.1 Å². The number of piperidine rings is 1. The molecule has 1 aliphatic heterocycles. The van der Waals surface area contributed by atoms with Gasteiger partial charge in [0.05, 0.1) is 0 Å². The average molecular weight is 323 g/mol. The lowest BCUT2D eigenvalue weighted by atomic mass is 10.00. The van der Waals surface area contributed by atoms with Gasteiger partial charge in [-0.3, -0.25) is 9.88 Å². The molecule has 1 fully saturated rings. The van der Waals surface area contributed by atoms with Crippen molar-refractivity contribution in [2.24, 2.45) is 5.73 Å². The van der Waals surface area contributed by atoms with E-state index in [1.54, 1.807) is 11.3 Å². The minimum Gasteiger partial charge on any atom is -0.328 e. The fourth-order valence-electron chi connectivity index (χ4n) is 3.33. The lowest BCUT2D eigenvalue weighted by Gasteiger charge is -2.30. The molecule has 3 heterocycles. The Morgan fingerprint density at radius 3 is 2.83 bits per heavy atom. The first-order chi connectivity index (χ1) is 11.3. The van der Waals surface area contributed by atoms with Gasteiger partial charge in [-0.15, -0.1) is 0 Å². The number of aromatic nitrogens is 1. The van der Waals surface area contributed by atoms with E-state index in [1.807, 2.05) is 12.4 Å². The van der Waals surface area contributed by atoms with Crippen molar-refractivity contribution in [2.45, 2.75) is 25.4 Å². The predicted octanol–water partition coefficient (Wildman–Crippen LogP) is 3.89. The van der Waals surface area contributed by atoms with Crippen molar-refractivity contribution in [3.05, 3.63) is 53.0 Å². The molecule has 1 saturated heterocycles. The quantitative estimate of drug-likeness (QED) is 0.795. The number of fused-ring (bicyclic) bond motifs is 1. The molecule has 4 rings (SSSR count).